The van der Waals surface area contributed by atoms with E-state index < -0.39 is 0 Å². The lowest BCUT2D eigenvalue weighted by atomic mass is 10.3. The van der Waals surface area contributed by atoms with Crippen LogP contribution in [0.25, 0.3) is 11.0 Å². The van der Waals surface area contributed by atoms with E-state index in [1.807, 2.05) is 14.0 Å². The molecular formula is C14H16FN5OS. The number of imidazole rings is 1. The predicted octanol–water partition coefficient (Wildman–Crippen LogP) is 2.11. The standard InChI is InChI=1S/C14H16FN5OS/c1-3-20-11-5-4-9(15)6-10(11)16-13(20)8-22-14-18-17-12(7-21)19(14)2/h4-6,21H,3,7-8H2,1-2H3. The van der Waals surface area contributed by atoms with Crippen LogP contribution in [-0.4, -0.2) is 29.4 Å². The topological polar surface area (TPSA) is 68.8 Å². The van der Waals surface area contributed by atoms with Crippen LogP contribution < -0.4 is 0 Å². The Morgan fingerprint density at radius 3 is 2.77 bits per heavy atom. The maximum absolute atomic E-state index is 13.3. The third-order valence-corrected chi connectivity index (χ3v) is 4.52. The molecule has 3 rings (SSSR count). The summed E-state index contributed by atoms with van der Waals surface area (Å²) in [5.41, 5.74) is 1.58. The van der Waals surface area contributed by atoms with E-state index in [9.17, 15) is 4.39 Å². The molecule has 0 amide bonds. The first-order valence-electron chi connectivity index (χ1n) is 6.90. The highest BCUT2D eigenvalue weighted by molar-refractivity contribution is 7.98. The number of fused-ring (bicyclic) bond motifs is 1. The quantitative estimate of drug-likeness (QED) is 0.729. The molecule has 116 valence electrons. The van der Waals surface area contributed by atoms with E-state index in [0.717, 1.165) is 17.9 Å². The van der Waals surface area contributed by atoms with Crippen LogP contribution >= 0.6 is 11.8 Å². The number of hydrogen-bond donors (Lipinski definition) is 1. The summed E-state index contributed by atoms with van der Waals surface area (Å²) in [5.74, 6) is 1.70. The Morgan fingerprint density at radius 1 is 1.27 bits per heavy atom. The average molecular weight is 321 g/mol. The third-order valence-electron chi connectivity index (χ3n) is 3.50. The summed E-state index contributed by atoms with van der Waals surface area (Å²) in [4.78, 5) is 4.51. The van der Waals surface area contributed by atoms with Gasteiger partial charge in [0.1, 0.15) is 18.2 Å². The second-order valence-electron chi connectivity index (χ2n) is 4.81. The highest BCUT2D eigenvalue weighted by atomic mass is 32.2. The number of aromatic nitrogens is 5. The van der Waals surface area contributed by atoms with E-state index in [2.05, 4.69) is 19.7 Å². The second kappa shape index (κ2) is 6.05. The number of rotatable bonds is 5. The van der Waals surface area contributed by atoms with E-state index in [4.69, 9.17) is 5.11 Å². The summed E-state index contributed by atoms with van der Waals surface area (Å²) < 4.78 is 17.1. The SMILES string of the molecule is CCn1c(CSc2nnc(CO)n2C)nc2cc(F)ccc21. The number of aryl methyl sites for hydroxylation is 1. The Hall–Kier alpha value is -1.93. The van der Waals surface area contributed by atoms with Gasteiger partial charge in [0.2, 0.25) is 0 Å². The molecule has 0 aliphatic rings. The van der Waals surface area contributed by atoms with Crippen LogP contribution in [0.4, 0.5) is 4.39 Å². The van der Waals surface area contributed by atoms with Crippen LogP contribution in [0.3, 0.4) is 0 Å². The van der Waals surface area contributed by atoms with Gasteiger partial charge in [-0.15, -0.1) is 10.2 Å². The maximum Gasteiger partial charge on any atom is 0.191 e. The van der Waals surface area contributed by atoms with Gasteiger partial charge in [-0.25, -0.2) is 9.37 Å². The molecule has 2 heterocycles. The number of nitrogens with zero attached hydrogens (tertiary/aromatic N) is 5. The summed E-state index contributed by atoms with van der Waals surface area (Å²) in [7, 11) is 1.81. The summed E-state index contributed by atoms with van der Waals surface area (Å²) >= 11 is 1.49. The second-order valence-corrected chi connectivity index (χ2v) is 5.75. The number of halogens is 1. The molecule has 0 saturated carbocycles. The lowest BCUT2D eigenvalue weighted by Gasteiger charge is -2.06. The van der Waals surface area contributed by atoms with Crippen LogP contribution in [0.15, 0.2) is 23.4 Å². The molecule has 1 N–H and O–H groups in total. The van der Waals surface area contributed by atoms with Crippen LogP contribution in [0.5, 0.6) is 0 Å². The van der Waals surface area contributed by atoms with Crippen molar-refractivity contribution in [2.75, 3.05) is 0 Å². The zero-order valence-corrected chi connectivity index (χ0v) is 13.1. The van der Waals surface area contributed by atoms with Crippen molar-refractivity contribution in [3.05, 3.63) is 35.7 Å². The molecule has 2 aromatic heterocycles. The number of aliphatic hydroxyl groups is 1. The van der Waals surface area contributed by atoms with E-state index in [0.29, 0.717) is 22.3 Å². The van der Waals surface area contributed by atoms with Crippen molar-refractivity contribution >= 4 is 22.8 Å². The lowest BCUT2D eigenvalue weighted by molar-refractivity contribution is 0.266. The van der Waals surface area contributed by atoms with Crippen LogP contribution in [0, 0.1) is 5.82 Å². The molecule has 1 aromatic carbocycles. The van der Waals surface area contributed by atoms with Crippen LogP contribution in [0.2, 0.25) is 0 Å². The average Bonchev–Trinajstić information content (AvgIpc) is 3.04. The Balaban J connectivity index is 1.88. The Bertz CT molecular complexity index is 813. The fourth-order valence-corrected chi connectivity index (χ4v) is 3.23. The van der Waals surface area contributed by atoms with Gasteiger partial charge in [-0.2, -0.15) is 0 Å². The van der Waals surface area contributed by atoms with Gasteiger partial charge in [0.05, 0.1) is 16.8 Å². The van der Waals surface area contributed by atoms with Gasteiger partial charge in [-0.1, -0.05) is 11.8 Å². The molecular weight excluding hydrogens is 305 g/mol. The molecule has 0 fully saturated rings. The lowest BCUT2D eigenvalue weighted by Crippen LogP contribution is -2.02. The van der Waals surface area contributed by atoms with E-state index in [-0.39, 0.29) is 12.4 Å². The minimum atomic E-state index is -0.284. The van der Waals surface area contributed by atoms with Crippen molar-refractivity contribution in [3.8, 4) is 0 Å². The van der Waals surface area contributed by atoms with Gasteiger partial charge in [-0.05, 0) is 19.1 Å². The normalized spacial score (nSPS) is 11.5. The van der Waals surface area contributed by atoms with E-state index >= 15 is 0 Å². The Kier molecular flexibility index (Phi) is 4.12. The number of benzene rings is 1. The minimum Gasteiger partial charge on any atom is -0.388 e. The smallest absolute Gasteiger partial charge is 0.191 e. The first kappa shape index (κ1) is 15.0. The zero-order valence-electron chi connectivity index (χ0n) is 12.3. The molecule has 6 nitrogen and oxygen atoms in total. The van der Waals surface area contributed by atoms with Gasteiger partial charge in [0.25, 0.3) is 0 Å². The van der Waals surface area contributed by atoms with Gasteiger partial charge in [0, 0.05) is 19.7 Å². The van der Waals surface area contributed by atoms with Gasteiger partial charge >= 0.3 is 0 Å². The number of thioether (sulfide) groups is 1. The largest absolute Gasteiger partial charge is 0.388 e. The van der Waals surface area contributed by atoms with Gasteiger partial charge < -0.3 is 14.2 Å². The predicted molar refractivity (Wildman–Crippen MR) is 81.9 cm³/mol. The molecule has 0 spiro atoms. The summed E-state index contributed by atoms with van der Waals surface area (Å²) in [5, 5.41) is 17.8. The fourth-order valence-electron chi connectivity index (χ4n) is 2.35. The molecule has 0 atom stereocenters. The molecule has 0 aliphatic carbocycles. The summed E-state index contributed by atoms with van der Waals surface area (Å²) in [6.45, 7) is 2.65. The molecule has 0 aliphatic heterocycles. The fraction of sp³-hybridized carbons (Fsp3) is 0.357. The summed E-state index contributed by atoms with van der Waals surface area (Å²) in [6.07, 6.45) is 0. The van der Waals surface area contributed by atoms with E-state index in [1.54, 1.807) is 10.6 Å². The van der Waals surface area contributed by atoms with Crippen molar-refractivity contribution in [2.45, 2.75) is 31.0 Å². The molecule has 8 heteroatoms. The van der Waals surface area contributed by atoms with Crippen molar-refractivity contribution in [1.82, 2.24) is 24.3 Å². The first-order valence-corrected chi connectivity index (χ1v) is 7.89. The first-order chi connectivity index (χ1) is 10.6. The van der Waals surface area contributed by atoms with Crippen LogP contribution in [0.1, 0.15) is 18.6 Å². The molecule has 0 bridgehead atoms. The highest BCUT2D eigenvalue weighted by Gasteiger charge is 2.13. The third kappa shape index (κ3) is 2.59. The van der Waals surface area contributed by atoms with Gasteiger partial charge in [-0.3, -0.25) is 0 Å². The van der Waals surface area contributed by atoms with Gasteiger partial charge in [0.15, 0.2) is 11.0 Å². The Labute approximate surface area is 131 Å². The number of aliphatic hydroxyl groups excluding tert-OH is 1. The number of hydrogen-bond acceptors (Lipinski definition) is 5. The maximum atomic E-state index is 13.3. The van der Waals surface area contributed by atoms with Crippen molar-refractivity contribution < 1.29 is 9.50 Å². The zero-order chi connectivity index (χ0) is 15.7. The van der Waals surface area contributed by atoms with Crippen molar-refractivity contribution in [1.29, 1.82) is 0 Å². The van der Waals surface area contributed by atoms with E-state index in [1.165, 1.54) is 23.9 Å². The van der Waals surface area contributed by atoms with Crippen molar-refractivity contribution in [3.63, 3.8) is 0 Å². The molecule has 3 aromatic rings. The molecule has 0 unspecified atom stereocenters. The molecule has 22 heavy (non-hydrogen) atoms. The summed E-state index contributed by atoms with van der Waals surface area (Å²) in [6, 6.07) is 4.65. The van der Waals surface area contributed by atoms with Crippen molar-refractivity contribution in [2.24, 2.45) is 7.05 Å². The highest BCUT2D eigenvalue weighted by Crippen LogP contribution is 2.24. The molecule has 0 saturated heterocycles. The monoisotopic (exact) mass is 321 g/mol. The molecule has 0 radical (unpaired) electrons. The minimum absolute atomic E-state index is 0.142. The van der Waals surface area contributed by atoms with Crippen LogP contribution in [-0.2, 0) is 26.0 Å². The Morgan fingerprint density at radius 2 is 2.09 bits per heavy atom.